The molecule has 2 aliphatic rings. The minimum absolute atomic E-state index is 0.0884. The molecule has 0 radical (unpaired) electrons. The summed E-state index contributed by atoms with van der Waals surface area (Å²) in [7, 11) is -2.38. The van der Waals surface area contributed by atoms with Gasteiger partial charge in [-0.2, -0.15) is 0 Å². The van der Waals surface area contributed by atoms with Crippen molar-refractivity contribution in [2.45, 2.75) is 44.0 Å². The maximum Gasteiger partial charge on any atom is 0.582 e. The van der Waals surface area contributed by atoms with Gasteiger partial charge in [-0.05, 0) is 17.6 Å². The summed E-state index contributed by atoms with van der Waals surface area (Å²) in [6.07, 6.45) is -5.16. The topological polar surface area (TPSA) is 118 Å². The molecule has 0 bridgehead atoms. The van der Waals surface area contributed by atoms with Crippen LogP contribution in [0.5, 0.6) is 0 Å². The third kappa shape index (κ3) is 3.53. The van der Waals surface area contributed by atoms with Crippen molar-refractivity contribution in [3.8, 4) is 0 Å². The number of thiol groups is 1. The summed E-state index contributed by atoms with van der Waals surface area (Å²) < 4.78 is 35.8. The van der Waals surface area contributed by atoms with Crippen molar-refractivity contribution in [2.24, 2.45) is 10.7 Å². The van der Waals surface area contributed by atoms with Crippen LogP contribution < -0.4 is 5.73 Å². The summed E-state index contributed by atoms with van der Waals surface area (Å²) in [5.41, 5.74) is 5.42. The van der Waals surface area contributed by atoms with E-state index in [9.17, 15) is 19.2 Å². The molecule has 118 valence electrons. The Hall–Kier alpha value is -0.770. The van der Waals surface area contributed by atoms with E-state index in [0.29, 0.717) is 0 Å². The van der Waals surface area contributed by atoms with Crippen LogP contribution in [0.3, 0.4) is 0 Å². The Morgan fingerprint density at radius 2 is 2.38 bits per heavy atom. The molecule has 1 fully saturated rings. The standard InChI is InChI=1S/C10H15FN3O5PS/c1-4(15)7-8(19-20(17)21)6(11)9(18-7)14-3-2-5(12)13-10(14)16/h2-4,6-10,15-16H,1H3,(H2-,12,13,17,21)/p+1/t4-,6?,7-,8?,9-,10?/m1/s1. The van der Waals surface area contributed by atoms with Crippen molar-refractivity contribution in [2.75, 3.05) is 0 Å². The van der Waals surface area contributed by atoms with Gasteiger partial charge in [-0.15, -0.1) is 4.52 Å². The van der Waals surface area contributed by atoms with Gasteiger partial charge in [0.1, 0.15) is 24.2 Å². The van der Waals surface area contributed by atoms with E-state index in [2.05, 4.69) is 17.2 Å². The number of nitrogens with zero attached hydrogens (tertiary/aromatic N) is 2. The summed E-state index contributed by atoms with van der Waals surface area (Å²) >= 11 is 3.58. The molecule has 1 saturated heterocycles. The first-order chi connectivity index (χ1) is 9.81. The second-order valence-corrected chi connectivity index (χ2v) is 6.31. The smallest absolute Gasteiger partial charge is 0.391 e. The fraction of sp³-hybridized carbons (Fsp3) is 0.700. The molecule has 0 spiro atoms. The van der Waals surface area contributed by atoms with Crippen LogP contribution in [0.1, 0.15) is 6.92 Å². The number of nitrogens with two attached hydrogens (primary N) is 1. The van der Waals surface area contributed by atoms with Crippen molar-refractivity contribution < 1.29 is 28.4 Å². The number of aliphatic imine (C=N–C) groups is 1. The molecule has 0 amide bonds. The Balaban J connectivity index is 2.18. The summed E-state index contributed by atoms with van der Waals surface area (Å²) in [4.78, 5) is 4.75. The molecule has 8 nitrogen and oxygen atoms in total. The lowest BCUT2D eigenvalue weighted by Gasteiger charge is -2.32. The highest BCUT2D eigenvalue weighted by Crippen LogP contribution is 2.39. The Bertz CT molecular complexity index is 480. The van der Waals surface area contributed by atoms with E-state index >= 15 is 0 Å². The predicted octanol–water partition coefficient (Wildman–Crippen LogP) is -0.135. The van der Waals surface area contributed by atoms with Crippen molar-refractivity contribution in [1.29, 1.82) is 0 Å². The number of aliphatic hydroxyl groups is 2. The zero-order chi connectivity index (χ0) is 15.7. The van der Waals surface area contributed by atoms with Gasteiger partial charge in [0.2, 0.25) is 6.35 Å². The molecule has 0 aromatic carbocycles. The molecule has 0 aromatic rings. The van der Waals surface area contributed by atoms with Crippen LogP contribution in [0.15, 0.2) is 17.3 Å². The number of aliphatic hydroxyl groups excluding tert-OH is 2. The van der Waals surface area contributed by atoms with Gasteiger partial charge in [0, 0.05) is 6.20 Å². The second-order valence-electron chi connectivity index (χ2n) is 4.65. The number of ether oxygens (including phenoxy) is 1. The van der Waals surface area contributed by atoms with Crippen LogP contribution in [-0.4, -0.2) is 58.0 Å². The summed E-state index contributed by atoms with van der Waals surface area (Å²) in [6, 6.07) is 0. The van der Waals surface area contributed by atoms with Gasteiger partial charge in [0.15, 0.2) is 18.5 Å². The molecule has 7 atom stereocenters. The van der Waals surface area contributed by atoms with Gasteiger partial charge < -0.3 is 25.6 Å². The van der Waals surface area contributed by atoms with E-state index in [1.807, 2.05) is 0 Å². The minimum atomic E-state index is -2.38. The fourth-order valence-electron chi connectivity index (χ4n) is 2.20. The molecular formula is C10H16FN3O5PS+. The highest BCUT2D eigenvalue weighted by atomic mass is 32.7. The lowest BCUT2D eigenvalue weighted by atomic mass is 10.1. The highest BCUT2D eigenvalue weighted by molar-refractivity contribution is 8.39. The van der Waals surface area contributed by atoms with Gasteiger partial charge in [0.25, 0.3) is 0 Å². The van der Waals surface area contributed by atoms with Crippen molar-refractivity contribution in [1.82, 2.24) is 4.90 Å². The Morgan fingerprint density at radius 3 is 2.90 bits per heavy atom. The third-order valence-corrected chi connectivity index (χ3v) is 3.84. The summed E-state index contributed by atoms with van der Waals surface area (Å²) in [6.45, 7) is 1.39. The van der Waals surface area contributed by atoms with Crippen LogP contribution in [0.25, 0.3) is 0 Å². The van der Waals surface area contributed by atoms with Crippen molar-refractivity contribution in [3.63, 3.8) is 0 Å². The van der Waals surface area contributed by atoms with E-state index < -0.39 is 44.3 Å². The SMILES string of the molecule is C[C@@H](O)[C@H]1O[C@@H](N2C=CC(N)=NC2O)C(F)C1O[P+](=O)S. The number of rotatable bonds is 4. The molecule has 4 N–H and O–H groups in total. The van der Waals surface area contributed by atoms with E-state index in [1.165, 1.54) is 19.2 Å². The maximum atomic E-state index is 14.5. The molecule has 2 rings (SSSR count). The van der Waals surface area contributed by atoms with Gasteiger partial charge in [-0.25, -0.2) is 9.38 Å². The first kappa shape index (κ1) is 16.6. The van der Waals surface area contributed by atoms with Crippen LogP contribution in [0.2, 0.25) is 0 Å². The van der Waals surface area contributed by atoms with E-state index in [0.717, 1.165) is 4.90 Å². The van der Waals surface area contributed by atoms with E-state index in [-0.39, 0.29) is 5.84 Å². The number of halogens is 1. The molecule has 4 unspecified atom stereocenters. The largest absolute Gasteiger partial charge is 0.582 e. The van der Waals surface area contributed by atoms with Crippen molar-refractivity contribution >= 4 is 25.3 Å². The minimum Gasteiger partial charge on any atom is -0.391 e. The first-order valence-corrected chi connectivity index (χ1v) is 8.41. The third-order valence-electron chi connectivity index (χ3n) is 3.14. The number of hydrogen-bond donors (Lipinski definition) is 4. The maximum absolute atomic E-state index is 14.5. The van der Waals surface area contributed by atoms with Crippen LogP contribution in [0.4, 0.5) is 4.39 Å². The summed E-state index contributed by atoms with van der Waals surface area (Å²) in [5.74, 6) is 0.0884. The monoisotopic (exact) mass is 340 g/mol. The number of alkyl halides is 1. The predicted molar refractivity (Wildman–Crippen MR) is 75.3 cm³/mol. The summed E-state index contributed by atoms with van der Waals surface area (Å²) in [5, 5.41) is 19.4. The zero-order valence-corrected chi connectivity index (χ0v) is 12.8. The average Bonchev–Trinajstić information content (AvgIpc) is 2.67. The normalized spacial score (nSPS) is 38.3. The van der Waals surface area contributed by atoms with Crippen LogP contribution >= 0.6 is 19.5 Å². The van der Waals surface area contributed by atoms with Gasteiger partial charge in [-0.1, -0.05) is 0 Å². The molecule has 21 heavy (non-hydrogen) atoms. The molecule has 2 aliphatic heterocycles. The quantitative estimate of drug-likeness (QED) is 0.416. The second kappa shape index (κ2) is 6.55. The van der Waals surface area contributed by atoms with Gasteiger partial charge in [0.05, 0.1) is 6.10 Å². The fourth-order valence-corrected chi connectivity index (χ4v) is 2.97. The lowest BCUT2D eigenvalue weighted by molar-refractivity contribution is -0.131. The van der Waals surface area contributed by atoms with Gasteiger partial charge in [-0.3, -0.25) is 0 Å². The Kier molecular flexibility index (Phi) is 5.18. The molecule has 2 heterocycles. The Labute approximate surface area is 126 Å². The lowest BCUT2D eigenvalue weighted by Crippen LogP contribution is -2.46. The molecular weight excluding hydrogens is 324 g/mol. The van der Waals surface area contributed by atoms with Crippen molar-refractivity contribution in [3.05, 3.63) is 12.3 Å². The molecule has 0 aliphatic carbocycles. The molecule has 11 heteroatoms. The Morgan fingerprint density at radius 1 is 1.71 bits per heavy atom. The van der Waals surface area contributed by atoms with E-state index in [1.54, 1.807) is 0 Å². The first-order valence-electron chi connectivity index (χ1n) is 6.08. The van der Waals surface area contributed by atoms with Gasteiger partial charge >= 0.3 is 7.23 Å². The highest BCUT2D eigenvalue weighted by Gasteiger charge is 2.54. The average molecular weight is 340 g/mol. The number of hydrogen-bond acceptors (Lipinski definition) is 8. The molecule has 0 aromatic heterocycles. The zero-order valence-electron chi connectivity index (χ0n) is 11.0. The molecule has 0 saturated carbocycles. The number of amidine groups is 1. The van der Waals surface area contributed by atoms with E-state index in [4.69, 9.17) is 15.0 Å². The van der Waals surface area contributed by atoms with Crippen LogP contribution in [0, 0.1) is 0 Å². The van der Waals surface area contributed by atoms with Crippen LogP contribution in [-0.2, 0) is 13.8 Å².